The van der Waals surface area contributed by atoms with E-state index in [0.717, 1.165) is 22.2 Å². The zero-order valence-corrected chi connectivity index (χ0v) is 16.9. The van der Waals surface area contributed by atoms with Gasteiger partial charge in [-0.2, -0.15) is 0 Å². The highest BCUT2D eigenvalue weighted by Crippen LogP contribution is 2.22. The minimum Gasteiger partial charge on any atom is -0.469 e. The van der Waals surface area contributed by atoms with Crippen LogP contribution in [0.1, 0.15) is 24.3 Å². The third-order valence-corrected chi connectivity index (χ3v) is 4.56. The number of nitrogens with one attached hydrogen (secondary N) is 2. The number of furan rings is 1. The number of hydrogen-bond acceptors (Lipinski definition) is 3. The fraction of sp³-hybridized carbons (Fsp3) is 0.368. The van der Waals surface area contributed by atoms with Crippen LogP contribution in [0, 0.1) is 0 Å². The first-order valence-electron chi connectivity index (χ1n) is 8.49. The van der Waals surface area contributed by atoms with Crippen molar-refractivity contribution in [3.63, 3.8) is 0 Å². The Morgan fingerprint density at radius 3 is 2.69 bits per heavy atom. The lowest BCUT2D eigenvalue weighted by Crippen LogP contribution is -2.40. The van der Waals surface area contributed by atoms with E-state index >= 15 is 0 Å². The zero-order chi connectivity index (χ0) is 18.9. The van der Waals surface area contributed by atoms with E-state index in [1.165, 1.54) is 4.90 Å². The van der Waals surface area contributed by atoms with Gasteiger partial charge in [-0.05, 0) is 30.7 Å². The number of halogens is 1. The molecule has 26 heavy (non-hydrogen) atoms. The van der Waals surface area contributed by atoms with E-state index in [0.29, 0.717) is 12.5 Å². The van der Waals surface area contributed by atoms with Gasteiger partial charge in [-0.3, -0.25) is 4.79 Å². The van der Waals surface area contributed by atoms with Crippen molar-refractivity contribution in [1.82, 2.24) is 15.5 Å². The molecule has 1 aromatic heterocycles. The number of guanidine groups is 1. The van der Waals surface area contributed by atoms with Crippen molar-refractivity contribution in [3.8, 4) is 0 Å². The molecule has 2 rings (SSSR count). The Bertz CT molecular complexity index is 729. The van der Waals surface area contributed by atoms with Crippen molar-refractivity contribution in [3.05, 3.63) is 58.5 Å². The summed E-state index contributed by atoms with van der Waals surface area (Å²) in [5.74, 6) is 1.45. The van der Waals surface area contributed by atoms with E-state index in [1.54, 1.807) is 20.4 Å². The Hall–Kier alpha value is -2.28. The van der Waals surface area contributed by atoms with E-state index in [1.807, 2.05) is 36.4 Å². The third-order valence-electron chi connectivity index (χ3n) is 3.84. The minimum absolute atomic E-state index is 0.0231. The molecule has 2 N–H and O–H groups in total. The molecule has 0 spiro atoms. The summed E-state index contributed by atoms with van der Waals surface area (Å²) in [4.78, 5) is 17.8. The van der Waals surface area contributed by atoms with Crippen molar-refractivity contribution < 1.29 is 9.21 Å². The molecule has 0 aliphatic carbocycles. The normalized spacial score (nSPS) is 12.5. The molecule has 0 bridgehead atoms. The molecule has 0 radical (unpaired) electrons. The Morgan fingerprint density at radius 2 is 2.04 bits per heavy atom. The second-order valence-electron chi connectivity index (χ2n) is 6.10. The fourth-order valence-corrected chi connectivity index (χ4v) is 2.94. The molecule has 2 aromatic rings. The van der Waals surface area contributed by atoms with Crippen LogP contribution in [-0.2, 0) is 11.2 Å². The summed E-state index contributed by atoms with van der Waals surface area (Å²) in [5.41, 5.74) is 1.12. The van der Waals surface area contributed by atoms with Gasteiger partial charge in [-0.25, -0.2) is 4.99 Å². The maximum absolute atomic E-state index is 11.9. The van der Waals surface area contributed by atoms with Crippen molar-refractivity contribution >= 4 is 27.8 Å². The first-order chi connectivity index (χ1) is 12.5. The van der Waals surface area contributed by atoms with Crippen LogP contribution in [0.3, 0.4) is 0 Å². The van der Waals surface area contributed by atoms with Crippen molar-refractivity contribution in [1.29, 1.82) is 0 Å². The van der Waals surface area contributed by atoms with Gasteiger partial charge in [0.15, 0.2) is 5.96 Å². The lowest BCUT2D eigenvalue weighted by atomic mass is 10.1. The summed E-state index contributed by atoms with van der Waals surface area (Å²) >= 11 is 3.57. The fourth-order valence-electron chi connectivity index (χ4n) is 2.31. The van der Waals surface area contributed by atoms with Gasteiger partial charge in [0.05, 0.1) is 12.3 Å². The van der Waals surface area contributed by atoms with Crippen molar-refractivity contribution in [2.24, 2.45) is 4.99 Å². The third kappa shape index (κ3) is 6.22. The summed E-state index contributed by atoms with van der Waals surface area (Å²) in [6.45, 7) is 2.79. The zero-order valence-electron chi connectivity index (χ0n) is 15.3. The SMILES string of the molecule is CC(NC(=NCC(=O)N(C)C)NCCc1ccco1)c1ccccc1Br. The monoisotopic (exact) mass is 420 g/mol. The Labute approximate surface area is 162 Å². The molecule has 140 valence electrons. The molecule has 1 heterocycles. The Morgan fingerprint density at radius 1 is 1.27 bits per heavy atom. The predicted molar refractivity (Wildman–Crippen MR) is 107 cm³/mol. The largest absolute Gasteiger partial charge is 0.469 e. The van der Waals surface area contributed by atoms with Crippen LogP contribution < -0.4 is 10.6 Å². The van der Waals surface area contributed by atoms with Crippen LogP contribution in [0.4, 0.5) is 0 Å². The Balaban J connectivity index is 2.02. The van der Waals surface area contributed by atoms with E-state index < -0.39 is 0 Å². The van der Waals surface area contributed by atoms with Crippen LogP contribution in [-0.4, -0.2) is 44.0 Å². The number of rotatable bonds is 7. The number of likely N-dealkylation sites (N-methyl/N-ethyl adjacent to an activating group) is 1. The summed E-state index contributed by atoms with van der Waals surface area (Å²) in [6, 6.07) is 11.9. The van der Waals surface area contributed by atoms with E-state index in [2.05, 4.69) is 38.5 Å². The number of carbonyl (C=O) groups is 1. The molecular formula is C19H25BrN4O2. The standard InChI is InChI=1S/C19H25BrN4O2/c1-14(16-8-4-5-9-17(16)20)23-19(22-13-18(25)24(2)3)21-11-10-15-7-6-12-26-15/h4-9,12,14H,10-11,13H2,1-3H3,(H2,21,22,23). The van der Waals surface area contributed by atoms with Gasteiger partial charge >= 0.3 is 0 Å². The smallest absolute Gasteiger partial charge is 0.243 e. The van der Waals surface area contributed by atoms with E-state index in [4.69, 9.17) is 4.42 Å². The highest BCUT2D eigenvalue weighted by molar-refractivity contribution is 9.10. The molecule has 6 nitrogen and oxygen atoms in total. The first-order valence-corrected chi connectivity index (χ1v) is 9.28. The highest BCUT2D eigenvalue weighted by Gasteiger charge is 2.12. The van der Waals surface area contributed by atoms with Crippen LogP contribution in [0.15, 0.2) is 56.5 Å². The summed E-state index contributed by atoms with van der Waals surface area (Å²) in [6.07, 6.45) is 2.39. The molecule has 1 aromatic carbocycles. The molecule has 1 atom stereocenters. The molecule has 7 heteroatoms. The number of amides is 1. The molecule has 0 aliphatic rings. The lowest BCUT2D eigenvalue weighted by molar-refractivity contribution is -0.127. The summed E-state index contributed by atoms with van der Waals surface area (Å²) in [5, 5.41) is 6.62. The summed E-state index contributed by atoms with van der Waals surface area (Å²) < 4.78 is 6.37. The number of carbonyl (C=O) groups excluding carboxylic acids is 1. The molecule has 0 saturated heterocycles. The van der Waals surface area contributed by atoms with Crippen molar-refractivity contribution in [2.45, 2.75) is 19.4 Å². The van der Waals surface area contributed by atoms with Gasteiger partial charge in [0.2, 0.25) is 5.91 Å². The molecule has 0 saturated carbocycles. The average molecular weight is 421 g/mol. The maximum atomic E-state index is 11.9. The second-order valence-corrected chi connectivity index (χ2v) is 6.95. The number of hydrogen-bond donors (Lipinski definition) is 2. The van der Waals surface area contributed by atoms with Crippen molar-refractivity contribution in [2.75, 3.05) is 27.2 Å². The van der Waals surface area contributed by atoms with E-state index in [9.17, 15) is 4.79 Å². The number of aliphatic imine (C=N–C) groups is 1. The maximum Gasteiger partial charge on any atom is 0.243 e. The molecular weight excluding hydrogens is 396 g/mol. The second kappa shape index (κ2) is 10.0. The highest BCUT2D eigenvalue weighted by atomic mass is 79.9. The van der Waals surface area contributed by atoms with Gasteiger partial charge in [0, 0.05) is 31.5 Å². The van der Waals surface area contributed by atoms with Gasteiger partial charge < -0.3 is 20.0 Å². The van der Waals surface area contributed by atoms with Gasteiger partial charge in [-0.15, -0.1) is 0 Å². The number of benzene rings is 1. The van der Waals surface area contributed by atoms with E-state index in [-0.39, 0.29) is 18.5 Å². The molecule has 0 aliphatic heterocycles. The quantitative estimate of drug-likeness (QED) is 0.533. The summed E-state index contributed by atoms with van der Waals surface area (Å²) in [7, 11) is 3.44. The van der Waals surface area contributed by atoms with Crippen LogP contribution in [0.5, 0.6) is 0 Å². The first kappa shape index (κ1) is 20.0. The minimum atomic E-state index is -0.0503. The van der Waals surface area contributed by atoms with Crippen LogP contribution >= 0.6 is 15.9 Å². The van der Waals surface area contributed by atoms with Crippen LogP contribution in [0.2, 0.25) is 0 Å². The molecule has 1 amide bonds. The lowest BCUT2D eigenvalue weighted by Gasteiger charge is -2.20. The van der Waals surface area contributed by atoms with Gasteiger partial charge in [-0.1, -0.05) is 34.1 Å². The predicted octanol–water partition coefficient (Wildman–Crippen LogP) is 2.97. The Kier molecular flexibility index (Phi) is 7.72. The van der Waals surface area contributed by atoms with Crippen LogP contribution in [0.25, 0.3) is 0 Å². The molecule has 0 fully saturated rings. The van der Waals surface area contributed by atoms with Gasteiger partial charge in [0.1, 0.15) is 12.3 Å². The molecule has 1 unspecified atom stereocenters. The topological polar surface area (TPSA) is 69.9 Å². The number of nitrogens with zero attached hydrogens (tertiary/aromatic N) is 2. The average Bonchev–Trinajstić information content (AvgIpc) is 3.12. The van der Waals surface area contributed by atoms with Gasteiger partial charge in [0.25, 0.3) is 0 Å².